The Labute approximate surface area is 141 Å². The average Bonchev–Trinajstić information content (AvgIpc) is 2.80. The summed E-state index contributed by atoms with van der Waals surface area (Å²) in [5, 5.41) is 10.3. The Kier molecular flexibility index (Phi) is 5.72. The first-order valence-corrected chi connectivity index (χ1v) is 7.74. The van der Waals surface area contributed by atoms with Gasteiger partial charge in [-0.15, -0.1) is 12.4 Å². The highest BCUT2D eigenvalue weighted by molar-refractivity contribution is 6.30. The van der Waals surface area contributed by atoms with Gasteiger partial charge >= 0.3 is 5.97 Å². The van der Waals surface area contributed by atoms with Crippen LogP contribution in [-0.4, -0.2) is 42.3 Å². The zero-order valence-electron chi connectivity index (χ0n) is 12.3. The van der Waals surface area contributed by atoms with Crippen molar-refractivity contribution in [2.45, 2.75) is 19.4 Å². The predicted octanol–water partition coefficient (Wildman–Crippen LogP) is 3.08. The van der Waals surface area contributed by atoms with Gasteiger partial charge in [-0.3, -0.25) is 9.69 Å². The molecule has 1 atom stereocenters. The number of carboxylic acids is 1. The van der Waals surface area contributed by atoms with Crippen LogP contribution in [0.25, 0.3) is 0 Å². The summed E-state index contributed by atoms with van der Waals surface area (Å²) in [5.41, 5.74) is 1.06. The summed E-state index contributed by atoms with van der Waals surface area (Å²) in [6.07, 6.45) is 1.70. The van der Waals surface area contributed by atoms with Crippen LogP contribution in [0.4, 0.5) is 0 Å². The summed E-state index contributed by atoms with van der Waals surface area (Å²) in [4.78, 5) is 13.9. The number of aliphatic carboxylic acids is 1. The Morgan fingerprint density at radius 1 is 1.32 bits per heavy atom. The standard InChI is InChI=1S/C16H20ClNO3.ClH/c17-13-3-1-12(2-4-13)9-18-10-14(15(19)20)16(11-18)5-7-21-8-6-16;/h1-4,14H,5-11H2,(H,19,20);1H. The minimum Gasteiger partial charge on any atom is -0.481 e. The maximum atomic E-state index is 11.6. The number of hydrogen-bond acceptors (Lipinski definition) is 3. The topological polar surface area (TPSA) is 49.8 Å². The molecule has 0 radical (unpaired) electrons. The monoisotopic (exact) mass is 345 g/mol. The third kappa shape index (κ3) is 3.57. The maximum absolute atomic E-state index is 11.6. The van der Waals surface area contributed by atoms with E-state index in [0.717, 1.165) is 31.0 Å². The molecular weight excluding hydrogens is 325 g/mol. The van der Waals surface area contributed by atoms with Crippen molar-refractivity contribution in [3.8, 4) is 0 Å². The molecule has 1 N–H and O–H groups in total. The molecule has 2 heterocycles. The van der Waals surface area contributed by atoms with Crippen LogP contribution in [0.3, 0.4) is 0 Å². The Morgan fingerprint density at radius 3 is 2.55 bits per heavy atom. The molecule has 1 aromatic carbocycles. The quantitative estimate of drug-likeness (QED) is 0.914. The molecule has 122 valence electrons. The van der Waals surface area contributed by atoms with Crippen LogP contribution in [0.1, 0.15) is 18.4 Å². The van der Waals surface area contributed by atoms with E-state index in [2.05, 4.69) is 4.90 Å². The van der Waals surface area contributed by atoms with Gasteiger partial charge in [0.05, 0.1) is 5.92 Å². The fraction of sp³-hybridized carbons (Fsp3) is 0.562. The predicted molar refractivity (Wildman–Crippen MR) is 87.6 cm³/mol. The lowest BCUT2D eigenvalue weighted by atomic mass is 9.72. The number of nitrogens with zero attached hydrogens (tertiary/aromatic N) is 1. The normalized spacial score (nSPS) is 24.1. The highest BCUT2D eigenvalue weighted by Gasteiger charge is 2.50. The molecule has 22 heavy (non-hydrogen) atoms. The van der Waals surface area contributed by atoms with E-state index in [4.69, 9.17) is 16.3 Å². The maximum Gasteiger partial charge on any atom is 0.308 e. The van der Waals surface area contributed by atoms with E-state index >= 15 is 0 Å². The highest BCUT2D eigenvalue weighted by Crippen LogP contribution is 2.44. The molecule has 1 spiro atoms. The fourth-order valence-corrected chi connectivity index (χ4v) is 3.79. The number of rotatable bonds is 3. The van der Waals surface area contributed by atoms with Crippen LogP contribution in [0.5, 0.6) is 0 Å². The number of likely N-dealkylation sites (tertiary alicyclic amines) is 1. The Morgan fingerprint density at radius 2 is 1.95 bits per heavy atom. The van der Waals surface area contributed by atoms with Crippen molar-refractivity contribution in [3.63, 3.8) is 0 Å². The summed E-state index contributed by atoms with van der Waals surface area (Å²) < 4.78 is 5.42. The van der Waals surface area contributed by atoms with Crippen molar-refractivity contribution in [2.24, 2.45) is 11.3 Å². The summed E-state index contributed by atoms with van der Waals surface area (Å²) in [6, 6.07) is 7.78. The molecule has 0 saturated carbocycles. The van der Waals surface area contributed by atoms with E-state index in [1.54, 1.807) is 0 Å². The van der Waals surface area contributed by atoms with Gasteiger partial charge in [0.25, 0.3) is 0 Å². The summed E-state index contributed by atoms with van der Waals surface area (Å²) >= 11 is 5.90. The molecule has 1 aromatic rings. The van der Waals surface area contributed by atoms with Gasteiger partial charge in [0.1, 0.15) is 0 Å². The summed E-state index contributed by atoms with van der Waals surface area (Å²) in [7, 11) is 0. The van der Waals surface area contributed by atoms with Gasteiger partial charge in [0.15, 0.2) is 0 Å². The molecule has 2 aliphatic heterocycles. The second kappa shape index (κ2) is 7.18. The van der Waals surface area contributed by atoms with Crippen molar-refractivity contribution >= 4 is 30.0 Å². The Bertz CT molecular complexity index is 515. The zero-order valence-corrected chi connectivity index (χ0v) is 13.9. The van der Waals surface area contributed by atoms with Crippen LogP contribution in [-0.2, 0) is 16.1 Å². The van der Waals surface area contributed by atoms with Crippen LogP contribution >= 0.6 is 24.0 Å². The van der Waals surface area contributed by atoms with Gasteiger partial charge in [0, 0.05) is 43.3 Å². The van der Waals surface area contributed by atoms with Crippen molar-refractivity contribution in [2.75, 3.05) is 26.3 Å². The largest absolute Gasteiger partial charge is 0.481 e. The van der Waals surface area contributed by atoms with Crippen molar-refractivity contribution in [3.05, 3.63) is 34.9 Å². The molecule has 3 rings (SSSR count). The van der Waals surface area contributed by atoms with E-state index in [1.807, 2.05) is 24.3 Å². The second-order valence-electron chi connectivity index (χ2n) is 6.16. The van der Waals surface area contributed by atoms with Crippen molar-refractivity contribution < 1.29 is 14.6 Å². The number of benzene rings is 1. The van der Waals surface area contributed by atoms with Gasteiger partial charge in [-0.1, -0.05) is 23.7 Å². The van der Waals surface area contributed by atoms with E-state index in [0.29, 0.717) is 19.8 Å². The molecule has 4 nitrogen and oxygen atoms in total. The first-order valence-electron chi connectivity index (χ1n) is 7.36. The van der Waals surface area contributed by atoms with Crippen LogP contribution in [0, 0.1) is 11.3 Å². The lowest BCUT2D eigenvalue weighted by Crippen LogP contribution is -2.40. The van der Waals surface area contributed by atoms with Crippen molar-refractivity contribution in [1.82, 2.24) is 4.90 Å². The highest BCUT2D eigenvalue weighted by atomic mass is 35.5. The molecule has 2 saturated heterocycles. The van der Waals surface area contributed by atoms with Gasteiger partial charge in [-0.25, -0.2) is 0 Å². The van der Waals surface area contributed by atoms with Gasteiger partial charge in [0.2, 0.25) is 0 Å². The minimum absolute atomic E-state index is 0. The van der Waals surface area contributed by atoms with Gasteiger partial charge in [-0.05, 0) is 30.5 Å². The van der Waals surface area contributed by atoms with Crippen LogP contribution in [0.15, 0.2) is 24.3 Å². The smallest absolute Gasteiger partial charge is 0.308 e. The number of carbonyl (C=O) groups is 1. The molecule has 0 aromatic heterocycles. The van der Waals surface area contributed by atoms with Gasteiger partial charge < -0.3 is 9.84 Å². The first-order chi connectivity index (χ1) is 10.1. The number of halogens is 2. The summed E-state index contributed by atoms with van der Waals surface area (Å²) in [5.74, 6) is -0.954. The Balaban J connectivity index is 0.00000176. The SMILES string of the molecule is Cl.O=C(O)C1CN(Cc2ccc(Cl)cc2)CC12CCOCC2. The van der Waals surface area contributed by atoms with Gasteiger partial charge in [-0.2, -0.15) is 0 Å². The molecular formula is C16H21Cl2NO3. The van der Waals surface area contributed by atoms with E-state index in [-0.39, 0.29) is 23.7 Å². The molecule has 2 aliphatic rings. The lowest BCUT2D eigenvalue weighted by Gasteiger charge is -2.36. The third-order valence-corrected chi connectivity index (χ3v) is 5.08. The van der Waals surface area contributed by atoms with E-state index in [9.17, 15) is 9.90 Å². The molecule has 6 heteroatoms. The average molecular weight is 346 g/mol. The fourth-order valence-electron chi connectivity index (χ4n) is 3.66. The first kappa shape index (κ1) is 17.5. The molecule has 0 amide bonds. The lowest BCUT2D eigenvalue weighted by molar-refractivity contribution is -0.146. The zero-order chi connectivity index (χ0) is 14.9. The van der Waals surface area contributed by atoms with Crippen LogP contribution in [0.2, 0.25) is 5.02 Å². The molecule has 2 fully saturated rings. The van der Waals surface area contributed by atoms with E-state index < -0.39 is 5.97 Å². The Hall–Kier alpha value is -0.810. The molecule has 1 unspecified atom stereocenters. The molecule has 0 aliphatic carbocycles. The summed E-state index contributed by atoms with van der Waals surface area (Å²) in [6.45, 7) is 3.61. The number of carboxylic acid groups (broad SMARTS) is 1. The number of hydrogen-bond donors (Lipinski definition) is 1. The molecule has 0 bridgehead atoms. The van der Waals surface area contributed by atoms with Crippen molar-refractivity contribution in [1.29, 1.82) is 0 Å². The van der Waals surface area contributed by atoms with E-state index in [1.165, 1.54) is 5.56 Å². The third-order valence-electron chi connectivity index (χ3n) is 4.82. The number of ether oxygens (including phenoxy) is 1. The minimum atomic E-state index is -0.671. The van der Waals surface area contributed by atoms with Crippen LogP contribution < -0.4 is 0 Å². The second-order valence-corrected chi connectivity index (χ2v) is 6.60.